The molecule has 0 bridgehead atoms. The molecule has 0 aliphatic carbocycles. The molecule has 0 saturated carbocycles. The van der Waals surface area contributed by atoms with Crippen LogP contribution in [0.25, 0.3) is 179 Å². The molecule has 19 aromatic rings. The van der Waals surface area contributed by atoms with Gasteiger partial charge in [-0.15, -0.1) is 22.7 Å². The van der Waals surface area contributed by atoms with Crippen molar-refractivity contribution in [2.75, 3.05) is 0 Å². The molecule has 0 fully saturated rings. The summed E-state index contributed by atoms with van der Waals surface area (Å²) in [4.78, 5) is 12.0. The van der Waals surface area contributed by atoms with E-state index in [-0.39, 0.29) is 0 Å². The van der Waals surface area contributed by atoms with Crippen LogP contribution in [0.4, 0.5) is 0 Å². The summed E-state index contributed by atoms with van der Waals surface area (Å²) in [5.74, 6) is 0.853. The Labute approximate surface area is 557 Å². The van der Waals surface area contributed by atoms with Gasteiger partial charge in [0.1, 0.15) is 5.82 Å². The molecule has 0 amide bonds. The highest BCUT2D eigenvalue weighted by atomic mass is 32.1. The van der Waals surface area contributed by atoms with Gasteiger partial charge < -0.3 is 9.13 Å². The molecule has 0 radical (unpaired) electrons. The standard InChI is InChI=1S/C88H59N5S2/c1-52-26-42-74-69(46-52)70-47-53(2)27-43-75(70)91(74)61-36-30-56(31-37-61)86-83(58-34-40-65-63-18-10-14-24-79(63)94-81(65)50-58)85(67-20-8-9-21-68(67)88-89-73-22-12-13-23-78(73)93(88)60-16-6-5-7-17-60)84(59-35-41-66-64-19-11-15-25-80(64)95-82(66)51-59)87(90-86)57-32-38-62(39-33-57)92-76-44-28-54(3)48-71(76)72-49-55(4)29-45-77(72)92/h5-51H,1-4H3. The molecule has 0 spiro atoms. The maximum absolute atomic E-state index is 6.30. The van der Waals surface area contributed by atoms with Gasteiger partial charge in [0.2, 0.25) is 0 Å². The van der Waals surface area contributed by atoms with Crippen LogP contribution >= 0.6 is 22.7 Å². The second-order valence-electron chi connectivity index (χ2n) is 25.5. The minimum atomic E-state index is 0.853. The van der Waals surface area contributed by atoms with Gasteiger partial charge in [0.25, 0.3) is 0 Å². The Bertz CT molecular complexity index is 5950. The minimum absolute atomic E-state index is 0.853. The monoisotopic (exact) mass is 1250 g/mol. The number of aromatic nitrogens is 5. The van der Waals surface area contributed by atoms with Crippen molar-refractivity contribution in [2.45, 2.75) is 27.7 Å². The highest BCUT2D eigenvalue weighted by Gasteiger charge is 2.30. The number of para-hydroxylation sites is 3. The van der Waals surface area contributed by atoms with Crippen LogP contribution in [0.15, 0.2) is 285 Å². The molecule has 13 aromatic carbocycles. The van der Waals surface area contributed by atoms with Crippen molar-refractivity contribution >= 4 is 118 Å². The van der Waals surface area contributed by atoms with Crippen molar-refractivity contribution in [1.82, 2.24) is 23.7 Å². The summed E-state index contributed by atoms with van der Waals surface area (Å²) in [6, 6.07) is 106. The number of thiophene rings is 2. The van der Waals surface area contributed by atoms with Crippen molar-refractivity contribution < 1.29 is 0 Å². The Morgan fingerprint density at radius 1 is 0.253 bits per heavy atom. The molecule has 5 nitrogen and oxygen atoms in total. The van der Waals surface area contributed by atoms with Crippen LogP contribution in [0, 0.1) is 27.7 Å². The molecule has 95 heavy (non-hydrogen) atoms. The van der Waals surface area contributed by atoms with E-state index in [1.54, 1.807) is 0 Å². The smallest absolute Gasteiger partial charge is 0.146 e. The molecule has 448 valence electrons. The Hall–Kier alpha value is -11.5. The van der Waals surface area contributed by atoms with Crippen molar-refractivity contribution in [3.05, 3.63) is 307 Å². The van der Waals surface area contributed by atoms with Crippen molar-refractivity contribution in [1.29, 1.82) is 0 Å². The van der Waals surface area contributed by atoms with E-state index in [4.69, 9.17) is 9.97 Å². The first kappa shape index (κ1) is 55.2. The van der Waals surface area contributed by atoms with E-state index in [9.17, 15) is 0 Å². The van der Waals surface area contributed by atoms with Crippen molar-refractivity contribution in [3.63, 3.8) is 0 Å². The topological polar surface area (TPSA) is 40.6 Å². The normalized spacial score (nSPS) is 12.0. The number of aryl methyl sites for hydroxylation is 4. The van der Waals surface area contributed by atoms with Crippen LogP contribution in [0.5, 0.6) is 0 Å². The van der Waals surface area contributed by atoms with Gasteiger partial charge in [-0.05, 0) is 166 Å². The van der Waals surface area contributed by atoms with Crippen molar-refractivity contribution in [2.24, 2.45) is 0 Å². The predicted octanol–water partition coefficient (Wildman–Crippen LogP) is 24.6. The van der Waals surface area contributed by atoms with Crippen molar-refractivity contribution in [3.8, 4) is 84.3 Å². The fourth-order valence-electron chi connectivity index (χ4n) is 15.1. The predicted molar refractivity (Wildman–Crippen MR) is 405 cm³/mol. The summed E-state index contributed by atoms with van der Waals surface area (Å²) in [5.41, 5.74) is 26.0. The summed E-state index contributed by atoms with van der Waals surface area (Å²) < 4.78 is 12.2. The summed E-state index contributed by atoms with van der Waals surface area (Å²) in [6.07, 6.45) is 0. The molecule has 0 N–H and O–H groups in total. The van der Waals surface area contributed by atoms with E-state index in [0.29, 0.717) is 0 Å². The van der Waals surface area contributed by atoms with Crippen LogP contribution < -0.4 is 0 Å². The molecule has 0 aliphatic rings. The van der Waals surface area contributed by atoms with Crippen LogP contribution in [-0.4, -0.2) is 23.7 Å². The van der Waals surface area contributed by atoms with Crippen LogP contribution in [0.1, 0.15) is 22.3 Å². The van der Waals surface area contributed by atoms with Gasteiger partial charge in [-0.3, -0.25) is 4.57 Å². The third kappa shape index (κ3) is 8.80. The first-order valence-electron chi connectivity index (χ1n) is 32.5. The maximum atomic E-state index is 6.30. The highest BCUT2D eigenvalue weighted by molar-refractivity contribution is 7.26. The molecule has 0 aliphatic heterocycles. The Morgan fingerprint density at radius 2 is 0.642 bits per heavy atom. The number of imidazole rings is 1. The van der Waals surface area contributed by atoms with E-state index < -0.39 is 0 Å². The first-order valence-corrected chi connectivity index (χ1v) is 34.1. The summed E-state index contributed by atoms with van der Waals surface area (Å²) in [7, 11) is 0. The van der Waals surface area contributed by atoms with Gasteiger partial charge in [-0.25, -0.2) is 9.97 Å². The zero-order chi connectivity index (χ0) is 63.2. The second kappa shape index (κ2) is 21.6. The highest BCUT2D eigenvalue weighted by Crippen LogP contribution is 2.53. The molecule has 6 heterocycles. The Balaban J connectivity index is 0.950. The van der Waals surface area contributed by atoms with E-state index in [2.05, 4.69) is 327 Å². The SMILES string of the molecule is Cc1ccc2c(c1)c1cc(C)ccc1n2-c1ccc(-c2nc(-c3ccc(-n4c5ccc(C)cc5c5cc(C)ccc54)cc3)c(-c3ccc4c(c3)sc3ccccc34)c(-c3ccccc3-c3nc4ccccc4n3-c3ccccc3)c2-c2ccc3c(c2)sc2ccccc23)cc1. The van der Waals surface area contributed by atoms with Crippen LogP contribution in [0.3, 0.4) is 0 Å². The number of nitrogens with zero attached hydrogens (tertiary/aromatic N) is 5. The summed E-state index contributed by atoms with van der Waals surface area (Å²) in [6.45, 7) is 8.75. The number of fused-ring (bicyclic) bond motifs is 13. The largest absolute Gasteiger partial charge is 0.309 e. The molecule has 19 rings (SSSR count). The number of benzene rings is 13. The first-order chi connectivity index (χ1) is 46.7. The van der Waals surface area contributed by atoms with Crippen LogP contribution in [0.2, 0.25) is 0 Å². The second-order valence-corrected chi connectivity index (χ2v) is 27.7. The van der Waals surface area contributed by atoms with Gasteiger partial charge in [-0.1, -0.05) is 186 Å². The quantitative estimate of drug-likeness (QED) is 0.144. The minimum Gasteiger partial charge on any atom is -0.309 e. The fourth-order valence-corrected chi connectivity index (χ4v) is 17.4. The molecule has 7 heteroatoms. The average Bonchev–Trinajstić information content (AvgIpc) is 1.14. The lowest BCUT2D eigenvalue weighted by Crippen LogP contribution is -2.04. The fraction of sp³-hybridized carbons (Fsp3) is 0.0455. The van der Waals surface area contributed by atoms with Gasteiger partial charge in [0, 0.05) is 112 Å². The third-order valence-electron chi connectivity index (χ3n) is 19.5. The maximum Gasteiger partial charge on any atom is 0.146 e. The Kier molecular flexibility index (Phi) is 12.5. The molecular formula is C88H59N5S2. The zero-order valence-electron chi connectivity index (χ0n) is 52.7. The molecule has 0 saturated heterocycles. The van der Waals surface area contributed by atoms with E-state index in [1.807, 2.05) is 22.7 Å². The number of hydrogen-bond acceptors (Lipinski definition) is 4. The summed E-state index contributed by atoms with van der Waals surface area (Å²) >= 11 is 3.70. The van der Waals surface area contributed by atoms with Gasteiger partial charge in [0.15, 0.2) is 0 Å². The van der Waals surface area contributed by atoms with Crippen LogP contribution in [-0.2, 0) is 0 Å². The average molecular weight is 1250 g/mol. The van der Waals surface area contributed by atoms with E-state index >= 15 is 0 Å². The van der Waals surface area contributed by atoms with E-state index in [1.165, 1.54) is 106 Å². The van der Waals surface area contributed by atoms with Gasteiger partial charge >= 0.3 is 0 Å². The molecule has 0 atom stereocenters. The number of rotatable bonds is 9. The Morgan fingerprint density at radius 3 is 1.13 bits per heavy atom. The zero-order valence-corrected chi connectivity index (χ0v) is 54.3. The molecular weight excluding hydrogens is 1190 g/mol. The molecule has 6 aromatic heterocycles. The lowest BCUT2D eigenvalue weighted by atomic mass is 9.81. The lowest BCUT2D eigenvalue weighted by Gasteiger charge is -2.25. The molecule has 0 unspecified atom stereocenters. The van der Waals surface area contributed by atoms with E-state index in [0.717, 1.165) is 95.4 Å². The third-order valence-corrected chi connectivity index (χ3v) is 21.8. The van der Waals surface area contributed by atoms with Gasteiger partial charge in [-0.2, -0.15) is 0 Å². The number of pyridine rings is 1. The lowest BCUT2D eigenvalue weighted by molar-refractivity contribution is 1.10. The summed E-state index contributed by atoms with van der Waals surface area (Å²) in [5, 5.41) is 10.0. The van der Waals surface area contributed by atoms with Gasteiger partial charge in [0.05, 0.1) is 44.5 Å². The number of hydrogen-bond donors (Lipinski definition) is 0.